The van der Waals surface area contributed by atoms with Crippen LogP contribution in [-0.4, -0.2) is 40.9 Å². The second-order valence-electron chi connectivity index (χ2n) is 5.95. The highest BCUT2D eigenvalue weighted by molar-refractivity contribution is 5.92. The number of fused-ring (bicyclic) bond motifs is 1. The highest BCUT2D eigenvalue weighted by Gasteiger charge is 2.12. The van der Waals surface area contributed by atoms with Crippen molar-refractivity contribution in [3.63, 3.8) is 0 Å². The third-order valence-electron chi connectivity index (χ3n) is 4.11. The van der Waals surface area contributed by atoms with Gasteiger partial charge in [0.2, 0.25) is 5.91 Å². The fourth-order valence-corrected chi connectivity index (χ4v) is 2.91. The first kappa shape index (κ1) is 14.8. The monoisotopic (exact) mass is 298 g/mol. The van der Waals surface area contributed by atoms with Crippen LogP contribution in [0.1, 0.15) is 23.2 Å². The molecule has 0 bridgehead atoms. The highest BCUT2D eigenvalue weighted by Crippen LogP contribution is 2.24. The lowest BCUT2D eigenvalue weighted by Gasteiger charge is -2.16. The van der Waals surface area contributed by atoms with Gasteiger partial charge in [0.05, 0.1) is 12.9 Å². The Morgan fingerprint density at radius 2 is 2.23 bits per heavy atom. The van der Waals surface area contributed by atoms with Crippen LogP contribution >= 0.6 is 0 Å². The number of carbonyl (C=O) groups is 1. The zero-order valence-electron chi connectivity index (χ0n) is 12.9. The molecule has 0 saturated heterocycles. The SMILES string of the molecule is CN(CCc1cnc[nH]1)CC(=O)Nc1ccc2c(c1)CCC2. The number of benzene rings is 1. The summed E-state index contributed by atoms with van der Waals surface area (Å²) in [6.07, 6.45) is 7.88. The first-order valence-electron chi connectivity index (χ1n) is 7.78. The molecule has 22 heavy (non-hydrogen) atoms. The van der Waals surface area contributed by atoms with E-state index in [-0.39, 0.29) is 5.91 Å². The Hall–Kier alpha value is -2.14. The first-order chi connectivity index (χ1) is 10.7. The summed E-state index contributed by atoms with van der Waals surface area (Å²) in [6.45, 7) is 1.21. The number of aromatic nitrogens is 2. The molecule has 0 spiro atoms. The van der Waals surface area contributed by atoms with Crippen molar-refractivity contribution in [2.45, 2.75) is 25.7 Å². The van der Waals surface area contributed by atoms with Crippen molar-refractivity contribution < 1.29 is 4.79 Å². The van der Waals surface area contributed by atoms with Crippen molar-refractivity contribution in [1.29, 1.82) is 0 Å². The number of hydrogen-bond acceptors (Lipinski definition) is 3. The molecule has 2 N–H and O–H groups in total. The zero-order valence-corrected chi connectivity index (χ0v) is 12.9. The lowest BCUT2D eigenvalue weighted by Crippen LogP contribution is -2.31. The quantitative estimate of drug-likeness (QED) is 0.857. The molecule has 5 nitrogen and oxygen atoms in total. The van der Waals surface area contributed by atoms with Crippen LogP contribution in [0.4, 0.5) is 5.69 Å². The summed E-state index contributed by atoms with van der Waals surface area (Å²) in [6, 6.07) is 6.26. The molecule has 0 fully saturated rings. The van der Waals surface area contributed by atoms with Crippen molar-refractivity contribution in [2.24, 2.45) is 0 Å². The average Bonchev–Trinajstić information content (AvgIpc) is 3.15. The lowest BCUT2D eigenvalue weighted by molar-refractivity contribution is -0.117. The third-order valence-corrected chi connectivity index (χ3v) is 4.11. The van der Waals surface area contributed by atoms with Gasteiger partial charge in [-0.2, -0.15) is 0 Å². The topological polar surface area (TPSA) is 61.0 Å². The number of carbonyl (C=O) groups excluding carboxylic acids is 1. The van der Waals surface area contributed by atoms with E-state index in [0.717, 1.165) is 30.8 Å². The van der Waals surface area contributed by atoms with Crippen LogP contribution in [0.15, 0.2) is 30.7 Å². The standard InChI is InChI=1S/C17H22N4O/c1-21(8-7-16-10-18-12-19-16)11-17(22)20-15-6-5-13-3-2-4-14(13)9-15/h5-6,9-10,12H,2-4,7-8,11H2,1H3,(H,18,19)(H,20,22). The maximum atomic E-state index is 12.1. The summed E-state index contributed by atoms with van der Waals surface area (Å²) < 4.78 is 0. The molecule has 0 radical (unpaired) electrons. The number of rotatable bonds is 6. The number of anilines is 1. The van der Waals surface area contributed by atoms with E-state index in [1.165, 1.54) is 24.0 Å². The van der Waals surface area contributed by atoms with Gasteiger partial charge in [0.1, 0.15) is 0 Å². The molecular weight excluding hydrogens is 276 g/mol. The number of nitrogens with zero attached hydrogens (tertiary/aromatic N) is 2. The van der Waals surface area contributed by atoms with Crippen molar-refractivity contribution in [1.82, 2.24) is 14.9 Å². The van der Waals surface area contributed by atoms with Gasteiger partial charge < -0.3 is 10.3 Å². The van der Waals surface area contributed by atoms with Crippen molar-refractivity contribution >= 4 is 11.6 Å². The summed E-state index contributed by atoms with van der Waals surface area (Å²) in [5.41, 5.74) is 4.80. The molecule has 1 aromatic heterocycles. The highest BCUT2D eigenvalue weighted by atomic mass is 16.2. The minimum atomic E-state index is 0.0325. The largest absolute Gasteiger partial charge is 0.348 e. The number of amides is 1. The van der Waals surface area contributed by atoms with Crippen LogP contribution in [0.25, 0.3) is 0 Å². The van der Waals surface area contributed by atoms with Crippen LogP contribution < -0.4 is 5.32 Å². The Bertz CT molecular complexity index is 636. The minimum absolute atomic E-state index is 0.0325. The Morgan fingerprint density at radius 3 is 3.05 bits per heavy atom. The molecule has 116 valence electrons. The molecule has 1 aromatic carbocycles. The summed E-state index contributed by atoms with van der Waals surface area (Å²) >= 11 is 0. The smallest absolute Gasteiger partial charge is 0.238 e. The fourth-order valence-electron chi connectivity index (χ4n) is 2.91. The molecule has 0 saturated carbocycles. The molecule has 5 heteroatoms. The van der Waals surface area contributed by atoms with Crippen LogP contribution in [0, 0.1) is 0 Å². The van der Waals surface area contributed by atoms with Crippen molar-refractivity contribution in [2.75, 3.05) is 25.5 Å². The molecule has 0 unspecified atom stereocenters. The maximum absolute atomic E-state index is 12.1. The van der Waals surface area contributed by atoms with Crippen molar-refractivity contribution in [3.05, 3.63) is 47.5 Å². The van der Waals surface area contributed by atoms with Crippen LogP contribution in [0.3, 0.4) is 0 Å². The maximum Gasteiger partial charge on any atom is 0.238 e. The number of likely N-dealkylation sites (N-methyl/N-ethyl adjacent to an activating group) is 1. The van der Waals surface area contributed by atoms with Crippen LogP contribution in [0.5, 0.6) is 0 Å². The van der Waals surface area contributed by atoms with E-state index in [4.69, 9.17) is 0 Å². The van der Waals surface area contributed by atoms with E-state index < -0.39 is 0 Å². The predicted octanol–water partition coefficient (Wildman–Crippen LogP) is 2.01. The van der Waals surface area contributed by atoms with Gasteiger partial charge in [-0.05, 0) is 49.6 Å². The number of H-pyrrole nitrogens is 1. The summed E-state index contributed by atoms with van der Waals surface area (Å²) in [5.74, 6) is 0.0325. The minimum Gasteiger partial charge on any atom is -0.348 e. The predicted molar refractivity (Wildman–Crippen MR) is 86.9 cm³/mol. The van der Waals surface area contributed by atoms with Gasteiger partial charge in [0.15, 0.2) is 0 Å². The third kappa shape index (κ3) is 3.74. The van der Waals surface area contributed by atoms with E-state index in [1.54, 1.807) is 6.33 Å². The second-order valence-corrected chi connectivity index (χ2v) is 5.95. The van der Waals surface area contributed by atoms with Gasteiger partial charge in [0.25, 0.3) is 0 Å². The Morgan fingerprint density at radius 1 is 1.36 bits per heavy atom. The first-order valence-corrected chi connectivity index (χ1v) is 7.78. The van der Waals surface area contributed by atoms with Crippen LogP contribution in [-0.2, 0) is 24.1 Å². The molecular formula is C17H22N4O. The molecule has 0 aliphatic heterocycles. The van der Waals surface area contributed by atoms with E-state index >= 15 is 0 Å². The Labute approximate surface area is 130 Å². The number of imidazole rings is 1. The lowest BCUT2D eigenvalue weighted by atomic mass is 10.1. The van der Waals surface area contributed by atoms with Gasteiger partial charge in [-0.15, -0.1) is 0 Å². The Kier molecular flexibility index (Phi) is 4.53. The molecule has 3 rings (SSSR count). The molecule has 1 amide bonds. The number of hydrogen-bond donors (Lipinski definition) is 2. The van der Waals surface area contributed by atoms with E-state index in [0.29, 0.717) is 6.54 Å². The van der Waals surface area contributed by atoms with Crippen molar-refractivity contribution in [3.8, 4) is 0 Å². The van der Waals surface area contributed by atoms with E-state index in [9.17, 15) is 4.79 Å². The number of aryl methyl sites for hydroxylation is 2. The summed E-state index contributed by atoms with van der Waals surface area (Å²) in [7, 11) is 1.96. The van der Waals surface area contributed by atoms with Gasteiger partial charge in [-0.3, -0.25) is 9.69 Å². The molecule has 2 aromatic rings. The number of nitrogens with one attached hydrogen (secondary N) is 2. The second kappa shape index (κ2) is 6.75. The normalized spacial score (nSPS) is 13.4. The van der Waals surface area contributed by atoms with Gasteiger partial charge in [0, 0.05) is 30.5 Å². The van der Waals surface area contributed by atoms with Gasteiger partial charge in [-0.25, -0.2) is 4.98 Å². The molecule has 1 aliphatic carbocycles. The fraction of sp³-hybridized carbons (Fsp3) is 0.412. The Balaban J connectivity index is 1.47. The van der Waals surface area contributed by atoms with Crippen LogP contribution in [0.2, 0.25) is 0 Å². The summed E-state index contributed by atoms with van der Waals surface area (Å²) in [4.78, 5) is 21.2. The van der Waals surface area contributed by atoms with Gasteiger partial charge in [-0.1, -0.05) is 6.07 Å². The summed E-state index contributed by atoms with van der Waals surface area (Å²) in [5, 5.41) is 2.99. The van der Waals surface area contributed by atoms with E-state index in [1.807, 2.05) is 24.2 Å². The number of aromatic amines is 1. The molecule has 1 heterocycles. The zero-order chi connectivity index (χ0) is 15.4. The average molecular weight is 298 g/mol. The van der Waals surface area contributed by atoms with Gasteiger partial charge >= 0.3 is 0 Å². The van der Waals surface area contributed by atoms with E-state index in [2.05, 4.69) is 27.4 Å². The molecule has 1 aliphatic rings. The molecule has 0 atom stereocenters.